The largest absolute Gasteiger partial charge is 0.465 e. The van der Waals surface area contributed by atoms with Crippen molar-refractivity contribution < 1.29 is 24.1 Å². The number of carbonyl (C=O) groups is 1. The van der Waals surface area contributed by atoms with Crippen LogP contribution >= 0.6 is 21.6 Å². The van der Waals surface area contributed by atoms with Gasteiger partial charge in [-0.05, 0) is 18.7 Å². The molecule has 2 N–H and O–H groups in total. The van der Waals surface area contributed by atoms with Gasteiger partial charge in [-0.1, -0.05) is 28.5 Å². The lowest BCUT2D eigenvalue weighted by Crippen LogP contribution is -2.28. The van der Waals surface area contributed by atoms with E-state index in [1.807, 2.05) is 21.6 Å². The molecule has 1 atom stereocenters. The van der Waals surface area contributed by atoms with Gasteiger partial charge in [-0.3, -0.25) is 0 Å². The minimum Gasteiger partial charge on any atom is -0.465 e. The highest BCUT2D eigenvalue weighted by Gasteiger charge is 2.03. The molecule has 0 saturated heterocycles. The number of ether oxygens (including phenoxy) is 3. The maximum absolute atomic E-state index is 10.5. The predicted molar refractivity (Wildman–Crippen MR) is 101 cm³/mol. The number of hydrogen-bond acceptors (Lipinski definition) is 7. The molecule has 0 aromatic rings. The Labute approximate surface area is 153 Å². The van der Waals surface area contributed by atoms with Crippen LogP contribution in [0.15, 0.2) is 0 Å². The summed E-state index contributed by atoms with van der Waals surface area (Å²) in [6, 6.07) is 0. The van der Waals surface area contributed by atoms with Crippen molar-refractivity contribution in [2.24, 2.45) is 5.92 Å². The van der Waals surface area contributed by atoms with Crippen LogP contribution in [0.4, 0.5) is 4.79 Å². The number of carboxylic acid groups (broad SMARTS) is 1. The Hall–Kier alpha value is -0.190. The normalized spacial score (nSPS) is 12.3. The summed E-state index contributed by atoms with van der Waals surface area (Å²) in [4.78, 5) is 11.7. The number of nitrogens with zero attached hydrogens (tertiary/aromatic N) is 1. The van der Waals surface area contributed by atoms with E-state index in [0.29, 0.717) is 52.1 Å². The third-order valence-electron chi connectivity index (χ3n) is 3.03. The lowest BCUT2D eigenvalue weighted by Gasteiger charge is -2.13. The summed E-state index contributed by atoms with van der Waals surface area (Å²) >= 11 is 0. The topological polar surface area (TPSA) is 80.3 Å². The molecular weight excluding hydrogens is 352 g/mol. The van der Waals surface area contributed by atoms with E-state index < -0.39 is 6.09 Å². The molecule has 0 radical (unpaired) electrons. The van der Waals surface area contributed by atoms with Crippen LogP contribution in [0.3, 0.4) is 0 Å². The van der Waals surface area contributed by atoms with Gasteiger partial charge in [0.1, 0.15) is 0 Å². The molecule has 0 bridgehead atoms. The van der Waals surface area contributed by atoms with Crippen LogP contribution < -0.4 is 5.32 Å². The van der Waals surface area contributed by atoms with Crippen molar-refractivity contribution in [2.45, 2.75) is 6.92 Å². The fourth-order valence-corrected chi connectivity index (χ4v) is 3.17. The third-order valence-corrected chi connectivity index (χ3v) is 5.08. The molecule has 0 aromatic heterocycles. The first-order chi connectivity index (χ1) is 11.6. The van der Waals surface area contributed by atoms with E-state index in [-0.39, 0.29) is 0 Å². The summed E-state index contributed by atoms with van der Waals surface area (Å²) in [6.07, 6.45) is 1.15. The average molecular weight is 385 g/mol. The Morgan fingerprint density at radius 1 is 1.12 bits per heavy atom. The summed E-state index contributed by atoms with van der Waals surface area (Å²) in [5, 5.41) is 12.0. The molecule has 0 heterocycles. The fraction of sp³-hybridized carbons (Fsp3) is 0.933. The highest BCUT2D eigenvalue weighted by Crippen LogP contribution is 2.19. The Kier molecular flexibility index (Phi) is 17.5. The van der Waals surface area contributed by atoms with Gasteiger partial charge in [-0.25, -0.2) is 4.79 Å². The van der Waals surface area contributed by atoms with Crippen LogP contribution in [0.5, 0.6) is 0 Å². The number of rotatable bonds is 17. The van der Waals surface area contributed by atoms with E-state index in [9.17, 15) is 4.79 Å². The number of likely N-dealkylation sites (N-methyl/N-ethyl adjacent to an activating group) is 1. The van der Waals surface area contributed by atoms with Gasteiger partial charge in [0.2, 0.25) is 0 Å². The number of nitrogens with one attached hydrogen (secondary N) is 1. The van der Waals surface area contributed by atoms with E-state index in [4.69, 9.17) is 19.3 Å². The highest BCUT2D eigenvalue weighted by molar-refractivity contribution is 8.76. The van der Waals surface area contributed by atoms with E-state index in [2.05, 4.69) is 18.5 Å². The van der Waals surface area contributed by atoms with Crippen molar-refractivity contribution in [3.63, 3.8) is 0 Å². The maximum atomic E-state index is 10.5. The molecule has 0 rings (SSSR count). The van der Waals surface area contributed by atoms with Gasteiger partial charge < -0.3 is 29.5 Å². The molecule has 0 aromatic carbocycles. The van der Waals surface area contributed by atoms with Gasteiger partial charge in [-0.15, -0.1) is 0 Å². The molecule has 0 aliphatic rings. The first-order valence-corrected chi connectivity index (χ1v) is 10.8. The van der Waals surface area contributed by atoms with Gasteiger partial charge in [0.05, 0.1) is 39.6 Å². The fourth-order valence-electron chi connectivity index (χ4n) is 1.57. The smallest absolute Gasteiger partial charge is 0.407 e. The van der Waals surface area contributed by atoms with Crippen LogP contribution in [0.2, 0.25) is 0 Å². The summed E-state index contributed by atoms with van der Waals surface area (Å²) in [5.74, 6) is 1.83. The molecule has 144 valence electrons. The first kappa shape index (κ1) is 23.8. The molecule has 7 nitrogen and oxygen atoms in total. The Morgan fingerprint density at radius 3 is 2.29 bits per heavy atom. The maximum Gasteiger partial charge on any atom is 0.407 e. The molecule has 0 spiro atoms. The number of hydrogen-bond donors (Lipinski definition) is 2. The lowest BCUT2D eigenvalue weighted by atomic mass is 10.2. The van der Waals surface area contributed by atoms with Crippen molar-refractivity contribution in [3.8, 4) is 0 Å². The van der Waals surface area contributed by atoms with Crippen molar-refractivity contribution in [1.82, 2.24) is 10.2 Å². The van der Waals surface area contributed by atoms with E-state index in [0.717, 1.165) is 18.8 Å². The first-order valence-electron chi connectivity index (χ1n) is 8.11. The van der Waals surface area contributed by atoms with Crippen LogP contribution in [-0.2, 0) is 14.2 Å². The predicted octanol–water partition coefficient (Wildman–Crippen LogP) is 1.88. The lowest BCUT2D eigenvalue weighted by molar-refractivity contribution is 0.0124. The van der Waals surface area contributed by atoms with Gasteiger partial charge in [-0.2, -0.15) is 0 Å². The highest BCUT2D eigenvalue weighted by atomic mass is 33.1. The molecule has 1 unspecified atom stereocenters. The summed E-state index contributed by atoms with van der Waals surface area (Å²) in [7, 11) is 5.21. The Morgan fingerprint density at radius 2 is 1.71 bits per heavy atom. The van der Waals surface area contributed by atoms with Gasteiger partial charge in [0, 0.05) is 25.9 Å². The minimum atomic E-state index is -0.949. The second-order valence-corrected chi connectivity index (χ2v) is 7.91. The third kappa shape index (κ3) is 16.7. The van der Waals surface area contributed by atoms with Gasteiger partial charge >= 0.3 is 6.09 Å². The SMILES string of the molecule is CSSCC(C)CNCCOCCOCCOCCN(C)C(=O)O. The van der Waals surface area contributed by atoms with Crippen molar-refractivity contribution in [2.75, 3.05) is 78.3 Å². The van der Waals surface area contributed by atoms with Gasteiger partial charge in [0.15, 0.2) is 0 Å². The average Bonchev–Trinajstić information content (AvgIpc) is 2.56. The quantitative estimate of drug-likeness (QED) is 0.291. The second-order valence-electron chi connectivity index (χ2n) is 5.30. The summed E-state index contributed by atoms with van der Waals surface area (Å²) in [5.41, 5.74) is 0. The molecule has 24 heavy (non-hydrogen) atoms. The van der Waals surface area contributed by atoms with Crippen molar-refractivity contribution >= 4 is 27.7 Å². The molecule has 0 aliphatic heterocycles. The van der Waals surface area contributed by atoms with E-state index in [1.165, 1.54) is 11.9 Å². The monoisotopic (exact) mass is 384 g/mol. The standard InChI is InChI=1S/C15H32N2O5S2/c1-14(13-24-23-3)12-16-4-6-20-8-10-22-11-9-21-7-5-17(2)15(18)19/h14,16H,4-13H2,1-3H3,(H,18,19). The molecule has 1 amide bonds. The second kappa shape index (κ2) is 17.6. The zero-order chi connectivity index (χ0) is 18.0. The number of amides is 1. The molecule has 0 fully saturated rings. The van der Waals surface area contributed by atoms with Crippen LogP contribution in [0.25, 0.3) is 0 Å². The zero-order valence-electron chi connectivity index (χ0n) is 15.0. The van der Waals surface area contributed by atoms with Crippen LogP contribution in [0.1, 0.15) is 6.92 Å². The minimum absolute atomic E-state index is 0.361. The molecular formula is C15H32N2O5S2. The summed E-state index contributed by atoms with van der Waals surface area (Å²) < 4.78 is 16.1. The Balaban J connectivity index is 3.14. The van der Waals surface area contributed by atoms with Crippen LogP contribution in [-0.4, -0.2) is 94.4 Å². The van der Waals surface area contributed by atoms with Gasteiger partial charge in [0.25, 0.3) is 0 Å². The molecule has 9 heteroatoms. The molecule has 0 aliphatic carbocycles. The Bertz CT molecular complexity index is 301. The van der Waals surface area contributed by atoms with E-state index >= 15 is 0 Å². The summed E-state index contributed by atoms with van der Waals surface area (Å²) in [6.45, 7) is 7.60. The molecule has 0 saturated carbocycles. The zero-order valence-corrected chi connectivity index (χ0v) is 16.6. The van der Waals surface area contributed by atoms with E-state index in [1.54, 1.807) is 0 Å². The van der Waals surface area contributed by atoms with Crippen molar-refractivity contribution in [3.05, 3.63) is 0 Å². The van der Waals surface area contributed by atoms with Crippen molar-refractivity contribution in [1.29, 1.82) is 0 Å². The van der Waals surface area contributed by atoms with Crippen LogP contribution in [0, 0.1) is 5.92 Å².